The van der Waals surface area contributed by atoms with Crippen molar-refractivity contribution in [2.24, 2.45) is 0 Å². The molecular formula is C14H14ClN7O. The van der Waals surface area contributed by atoms with Gasteiger partial charge in [-0.25, -0.2) is 19.9 Å². The van der Waals surface area contributed by atoms with E-state index in [0.29, 0.717) is 34.9 Å². The number of Topliss-reactive ketones (excluding diaryl/α,β-unsaturated/α-hetero) is 1. The van der Waals surface area contributed by atoms with Gasteiger partial charge in [0.15, 0.2) is 17.3 Å². The first-order chi connectivity index (χ1) is 11.1. The molecule has 0 aliphatic heterocycles. The third-order valence-electron chi connectivity index (χ3n) is 3.31. The van der Waals surface area contributed by atoms with E-state index in [9.17, 15) is 4.79 Å². The summed E-state index contributed by atoms with van der Waals surface area (Å²) in [5, 5.41) is 10.2. The molecule has 0 aromatic carbocycles. The molecule has 0 aliphatic rings. The SMILES string of the molecule is CCC(=O)[C@H](C)Nc1ccnc(-c2[nH]nc3ncc(Cl)nc23)n1. The van der Waals surface area contributed by atoms with E-state index in [2.05, 4.69) is 35.5 Å². The van der Waals surface area contributed by atoms with Gasteiger partial charge in [-0.2, -0.15) is 5.10 Å². The maximum absolute atomic E-state index is 11.7. The van der Waals surface area contributed by atoms with Crippen LogP contribution in [0.25, 0.3) is 22.7 Å². The molecule has 3 aromatic heterocycles. The number of rotatable bonds is 5. The number of carbonyl (C=O) groups is 1. The van der Waals surface area contributed by atoms with Crippen LogP contribution in [0.2, 0.25) is 5.15 Å². The average molecular weight is 332 g/mol. The first-order valence-corrected chi connectivity index (χ1v) is 7.45. The average Bonchev–Trinajstić information content (AvgIpc) is 2.97. The molecule has 3 rings (SSSR count). The number of hydrogen-bond acceptors (Lipinski definition) is 7. The lowest BCUT2D eigenvalue weighted by molar-refractivity contribution is -0.119. The highest BCUT2D eigenvalue weighted by molar-refractivity contribution is 6.29. The van der Waals surface area contributed by atoms with E-state index in [1.165, 1.54) is 6.20 Å². The normalized spacial score (nSPS) is 12.3. The van der Waals surface area contributed by atoms with Crippen molar-refractivity contribution in [3.63, 3.8) is 0 Å². The van der Waals surface area contributed by atoms with Gasteiger partial charge in [0.1, 0.15) is 22.2 Å². The topological polar surface area (TPSA) is 109 Å². The van der Waals surface area contributed by atoms with Crippen molar-refractivity contribution in [3.05, 3.63) is 23.6 Å². The minimum atomic E-state index is -0.324. The fourth-order valence-corrected chi connectivity index (χ4v) is 2.23. The third kappa shape index (κ3) is 3.11. The molecule has 3 aromatic rings. The van der Waals surface area contributed by atoms with Crippen LogP contribution >= 0.6 is 11.6 Å². The van der Waals surface area contributed by atoms with Crippen molar-refractivity contribution in [2.45, 2.75) is 26.3 Å². The summed E-state index contributed by atoms with van der Waals surface area (Å²) in [5.74, 6) is 1.04. The Morgan fingerprint density at radius 2 is 2.22 bits per heavy atom. The van der Waals surface area contributed by atoms with Gasteiger partial charge < -0.3 is 5.32 Å². The van der Waals surface area contributed by atoms with E-state index >= 15 is 0 Å². The molecule has 0 fully saturated rings. The van der Waals surface area contributed by atoms with E-state index in [1.807, 2.05) is 6.92 Å². The summed E-state index contributed by atoms with van der Waals surface area (Å²) >= 11 is 5.88. The third-order valence-corrected chi connectivity index (χ3v) is 3.49. The van der Waals surface area contributed by atoms with Gasteiger partial charge in [0.2, 0.25) is 0 Å². The highest BCUT2D eigenvalue weighted by Crippen LogP contribution is 2.22. The number of aromatic amines is 1. The van der Waals surface area contributed by atoms with Gasteiger partial charge in [-0.05, 0) is 13.0 Å². The van der Waals surface area contributed by atoms with Gasteiger partial charge in [-0.1, -0.05) is 18.5 Å². The molecule has 118 valence electrons. The zero-order valence-electron chi connectivity index (χ0n) is 12.5. The standard InChI is InChI=1S/C14H14ClN7O/c1-3-8(23)7(2)18-10-4-5-16-13(20-10)12-11-14(22-21-12)17-6-9(15)19-11/h4-7H,3H2,1-2H3,(H,16,18,20)(H,17,21,22)/t7-/m0/s1. The van der Waals surface area contributed by atoms with Crippen LogP contribution in [0.4, 0.5) is 5.82 Å². The van der Waals surface area contributed by atoms with Gasteiger partial charge in [0, 0.05) is 12.6 Å². The number of anilines is 1. The molecule has 2 N–H and O–H groups in total. The molecule has 0 saturated carbocycles. The molecule has 9 heteroatoms. The molecule has 23 heavy (non-hydrogen) atoms. The molecule has 0 radical (unpaired) electrons. The van der Waals surface area contributed by atoms with Gasteiger partial charge in [-0.15, -0.1) is 0 Å². The second-order valence-corrected chi connectivity index (χ2v) is 5.30. The molecule has 0 bridgehead atoms. The zero-order valence-corrected chi connectivity index (χ0v) is 13.3. The van der Waals surface area contributed by atoms with Gasteiger partial charge in [0.05, 0.1) is 12.2 Å². The fraction of sp³-hybridized carbons (Fsp3) is 0.286. The Morgan fingerprint density at radius 3 is 3.00 bits per heavy atom. The van der Waals surface area contributed by atoms with Crippen LogP contribution < -0.4 is 5.32 Å². The van der Waals surface area contributed by atoms with Crippen LogP contribution in [-0.4, -0.2) is 42.0 Å². The summed E-state index contributed by atoms with van der Waals surface area (Å²) in [4.78, 5) is 28.6. The van der Waals surface area contributed by atoms with Crippen LogP contribution in [0.5, 0.6) is 0 Å². The minimum absolute atomic E-state index is 0.106. The number of H-pyrrole nitrogens is 1. The molecule has 0 amide bonds. The Morgan fingerprint density at radius 1 is 1.39 bits per heavy atom. The van der Waals surface area contributed by atoms with Crippen molar-refractivity contribution in [2.75, 3.05) is 5.32 Å². The Hall–Kier alpha value is -2.61. The molecule has 3 heterocycles. The summed E-state index contributed by atoms with van der Waals surface area (Å²) in [6, 6.07) is 1.37. The van der Waals surface area contributed by atoms with Crippen molar-refractivity contribution in [1.29, 1.82) is 0 Å². The molecule has 0 aliphatic carbocycles. The lowest BCUT2D eigenvalue weighted by Crippen LogP contribution is -2.25. The Bertz CT molecular complexity index is 863. The minimum Gasteiger partial charge on any atom is -0.360 e. The Balaban J connectivity index is 1.95. The van der Waals surface area contributed by atoms with Crippen LogP contribution in [-0.2, 0) is 4.79 Å². The molecular weight excluding hydrogens is 318 g/mol. The van der Waals surface area contributed by atoms with E-state index in [0.717, 1.165) is 0 Å². The number of ketones is 1. The molecule has 8 nitrogen and oxygen atoms in total. The number of hydrogen-bond donors (Lipinski definition) is 2. The van der Waals surface area contributed by atoms with Crippen LogP contribution in [0.15, 0.2) is 18.5 Å². The number of carbonyl (C=O) groups excluding carboxylic acids is 1. The summed E-state index contributed by atoms with van der Waals surface area (Å²) in [6.07, 6.45) is 3.48. The zero-order chi connectivity index (χ0) is 16.4. The molecule has 0 spiro atoms. The van der Waals surface area contributed by atoms with Gasteiger partial charge >= 0.3 is 0 Å². The second kappa shape index (κ2) is 6.25. The predicted molar refractivity (Wildman–Crippen MR) is 86.1 cm³/mol. The summed E-state index contributed by atoms with van der Waals surface area (Å²) in [6.45, 7) is 3.62. The first-order valence-electron chi connectivity index (χ1n) is 7.07. The summed E-state index contributed by atoms with van der Waals surface area (Å²) < 4.78 is 0. The van der Waals surface area contributed by atoms with Crippen LogP contribution in [0, 0.1) is 0 Å². The predicted octanol–water partition coefficient (Wildman–Crippen LogP) is 2.24. The highest BCUT2D eigenvalue weighted by Gasteiger charge is 2.15. The Labute approximate surface area is 136 Å². The molecule has 0 saturated heterocycles. The number of nitrogens with one attached hydrogen (secondary N) is 2. The van der Waals surface area contributed by atoms with Gasteiger partial charge in [0.25, 0.3) is 0 Å². The quantitative estimate of drug-likeness (QED) is 0.737. The fourth-order valence-electron chi connectivity index (χ4n) is 2.10. The van der Waals surface area contributed by atoms with E-state index in [1.54, 1.807) is 19.2 Å². The number of nitrogens with zero attached hydrogens (tertiary/aromatic N) is 5. The maximum Gasteiger partial charge on any atom is 0.200 e. The van der Waals surface area contributed by atoms with Crippen LogP contribution in [0.1, 0.15) is 20.3 Å². The lowest BCUT2D eigenvalue weighted by Gasteiger charge is -2.12. The summed E-state index contributed by atoms with van der Waals surface area (Å²) in [7, 11) is 0. The molecule has 0 unspecified atom stereocenters. The van der Waals surface area contributed by atoms with E-state index < -0.39 is 0 Å². The second-order valence-electron chi connectivity index (χ2n) is 4.91. The van der Waals surface area contributed by atoms with Crippen molar-refractivity contribution >= 4 is 34.4 Å². The Kier molecular flexibility index (Phi) is 4.16. The monoisotopic (exact) mass is 331 g/mol. The van der Waals surface area contributed by atoms with Crippen molar-refractivity contribution in [3.8, 4) is 11.5 Å². The molecule has 1 atom stereocenters. The van der Waals surface area contributed by atoms with Crippen molar-refractivity contribution in [1.82, 2.24) is 30.1 Å². The first kappa shape index (κ1) is 15.3. The largest absolute Gasteiger partial charge is 0.360 e. The highest BCUT2D eigenvalue weighted by atomic mass is 35.5. The lowest BCUT2D eigenvalue weighted by atomic mass is 10.2. The number of fused-ring (bicyclic) bond motifs is 1. The van der Waals surface area contributed by atoms with Gasteiger partial charge in [-0.3, -0.25) is 9.89 Å². The van der Waals surface area contributed by atoms with E-state index in [-0.39, 0.29) is 17.0 Å². The van der Waals surface area contributed by atoms with Crippen LogP contribution in [0.3, 0.4) is 0 Å². The number of aromatic nitrogens is 6. The number of halogens is 1. The van der Waals surface area contributed by atoms with Crippen molar-refractivity contribution < 1.29 is 4.79 Å². The van der Waals surface area contributed by atoms with E-state index in [4.69, 9.17) is 11.6 Å². The maximum atomic E-state index is 11.7. The smallest absolute Gasteiger partial charge is 0.200 e. The summed E-state index contributed by atoms with van der Waals surface area (Å²) in [5.41, 5.74) is 1.45.